The number of hydrogen-bond acceptors (Lipinski definition) is 1. The van der Waals surface area contributed by atoms with Crippen LogP contribution < -0.4 is 0 Å². The largest absolute Gasteiger partial charge is 0.432 e. The zero-order valence-electron chi connectivity index (χ0n) is 9.83. The van der Waals surface area contributed by atoms with Crippen LogP contribution in [0.4, 0.5) is 0 Å². The van der Waals surface area contributed by atoms with Crippen LogP contribution in [-0.2, 0) is 0 Å². The quantitative estimate of drug-likeness (QED) is 0.645. The van der Waals surface area contributed by atoms with Crippen molar-refractivity contribution in [3.05, 3.63) is 0 Å². The molecular formula is C11H24OSi. The van der Waals surface area contributed by atoms with E-state index >= 15 is 0 Å². The summed E-state index contributed by atoms with van der Waals surface area (Å²) in [5.41, 5.74) is 0.595. The van der Waals surface area contributed by atoms with Crippen molar-refractivity contribution in [1.29, 1.82) is 0 Å². The van der Waals surface area contributed by atoms with Gasteiger partial charge in [0.15, 0.2) is 8.32 Å². The van der Waals surface area contributed by atoms with Gasteiger partial charge in [-0.25, -0.2) is 0 Å². The van der Waals surface area contributed by atoms with Gasteiger partial charge in [0.2, 0.25) is 0 Å². The molecule has 0 saturated heterocycles. The Kier molecular flexibility index (Phi) is 2.94. The molecule has 1 aliphatic rings. The van der Waals surface area contributed by atoms with Crippen molar-refractivity contribution in [3.8, 4) is 0 Å². The van der Waals surface area contributed by atoms with E-state index in [4.69, 9.17) is 0 Å². The second-order valence-corrected chi connectivity index (χ2v) is 9.59. The Bertz CT molecular complexity index is 171. The highest BCUT2D eigenvalue weighted by Crippen LogP contribution is 2.52. The van der Waals surface area contributed by atoms with E-state index in [1.807, 2.05) is 0 Å². The van der Waals surface area contributed by atoms with Crippen LogP contribution in [0.1, 0.15) is 27.7 Å². The van der Waals surface area contributed by atoms with Gasteiger partial charge in [-0.15, -0.1) is 0 Å². The summed E-state index contributed by atoms with van der Waals surface area (Å²) in [6.07, 6.45) is 0. The molecule has 0 aromatic carbocycles. The molecule has 1 rings (SSSR count). The minimum absolute atomic E-state index is 0.595. The molecule has 1 saturated carbocycles. The first-order valence-corrected chi connectivity index (χ1v) is 8.51. The molecule has 0 spiro atoms. The first-order chi connectivity index (χ1) is 5.76. The Morgan fingerprint density at radius 2 is 1.08 bits per heavy atom. The fourth-order valence-electron chi connectivity index (χ4n) is 3.38. The second-order valence-electron chi connectivity index (χ2n) is 5.62. The van der Waals surface area contributed by atoms with E-state index in [0.29, 0.717) is 17.4 Å². The van der Waals surface area contributed by atoms with Crippen LogP contribution in [0.2, 0.25) is 18.6 Å². The van der Waals surface area contributed by atoms with Crippen LogP contribution in [0.3, 0.4) is 0 Å². The predicted molar refractivity (Wildman–Crippen MR) is 60.1 cm³/mol. The molecule has 2 heteroatoms. The van der Waals surface area contributed by atoms with Gasteiger partial charge in [-0.2, -0.15) is 0 Å². The van der Waals surface area contributed by atoms with E-state index in [2.05, 4.69) is 40.8 Å². The molecule has 0 aromatic rings. The lowest BCUT2D eigenvalue weighted by Crippen LogP contribution is -2.37. The Morgan fingerprint density at radius 3 is 1.23 bits per heavy atom. The van der Waals surface area contributed by atoms with Crippen molar-refractivity contribution in [1.82, 2.24) is 0 Å². The SMILES string of the molecule is CC1C(C)C(C)C([Si](C)(C)O)C1C. The van der Waals surface area contributed by atoms with Crippen molar-refractivity contribution in [2.24, 2.45) is 23.7 Å². The lowest BCUT2D eigenvalue weighted by molar-refractivity contribution is 0.352. The molecule has 4 unspecified atom stereocenters. The Balaban J connectivity index is 2.88. The van der Waals surface area contributed by atoms with Gasteiger partial charge in [0.25, 0.3) is 0 Å². The molecule has 13 heavy (non-hydrogen) atoms. The van der Waals surface area contributed by atoms with Gasteiger partial charge in [0.05, 0.1) is 0 Å². The molecule has 1 aliphatic carbocycles. The number of rotatable bonds is 1. The fourth-order valence-corrected chi connectivity index (χ4v) is 6.56. The van der Waals surface area contributed by atoms with Gasteiger partial charge in [0, 0.05) is 0 Å². The minimum atomic E-state index is -1.93. The third kappa shape index (κ3) is 1.84. The highest BCUT2D eigenvalue weighted by Gasteiger charge is 2.48. The van der Waals surface area contributed by atoms with Crippen LogP contribution in [0, 0.1) is 23.7 Å². The van der Waals surface area contributed by atoms with Crippen molar-refractivity contribution in [2.45, 2.75) is 46.3 Å². The Hall–Kier alpha value is 0.177. The fraction of sp³-hybridized carbons (Fsp3) is 1.00. The normalized spacial score (nSPS) is 46.8. The molecule has 1 nitrogen and oxygen atoms in total. The predicted octanol–water partition coefficient (Wildman–Crippen LogP) is 3.11. The zero-order chi connectivity index (χ0) is 10.4. The van der Waals surface area contributed by atoms with Gasteiger partial charge in [-0.3, -0.25) is 0 Å². The zero-order valence-corrected chi connectivity index (χ0v) is 10.8. The topological polar surface area (TPSA) is 20.2 Å². The van der Waals surface area contributed by atoms with E-state index in [1.54, 1.807) is 0 Å². The summed E-state index contributed by atoms with van der Waals surface area (Å²) in [5, 5.41) is 0. The molecule has 0 heterocycles. The molecule has 0 bridgehead atoms. The summed E-state index contributed by atoms with van der Waals surface area (Å²) in [7, 11) is -1.93. The minimum Gasteiger partial charge on any atom is -0.432 e. The lowest BCUT2D eigenvalue weighted by Gasteiger charge is -2.31. The third-order valence-electron chi connectivity index (χ3n) is 4.44. The van der Waals surface area contributed by atoms with E-state index in [9.17, 15) is 4.80 Å². The van der Waals surface area contributed by atoms with Gasteiger partial charge in [0.1, 0.15) is 0 Å². The van der Waals surface area contributed by atoms with Crippen molar-refractivity contribution >= 4 is 8.32 Å². The van der Waals surface area contributed by atoms with E-state index in [0.717, 1.165) is 11.8 Å². The highest BCUT2D eigenvalue weighted by molar-refractivity contribution is 6.71. The molecule has 1 N–H and O–H groups in total. The van der Waals surface area contributed by atoms with E-state index in [-0.39, 0.29) is 0 Å². The van der Waals surface area contributed by atoms with Crippen LogP contribution in [0.5, 0.6) is 0 Å². The van der Waals surface area contributed by atoms with Gasteiger partial charge in [-0.05, 0) is 42.3 Å². The molecule has 0 aliphatic heterocycles. The molecule has 0 amide bonds. The summed E-state index contributed by atoms with van der Waals surface area (Å²) in [4.78, 5) is 10.2. The molecule has 78 valence electrons. The average Bonchev–Trinajstić information content (AvgIpc) is 2.14. The molecular weight excluding hydrogens is 176 g/mol. The first-order valence-electron chi connectivity index (χ1n) is 5.49. The maximum atomic E-state index is 10.2. The van der Waals surface area contributed by atoms with E-state index in [1.165, 1.54) is 0 Å². The first kappa shape index (κ1) is 11.3. The average molecular weight is 200 g/mol. The monoisotopic (exact) mass is 200 g/mol. The van der Waals surface area contributed by atoms with Crippen molar-refractivity contribution < 1.29 is 4.80 Å². The maximum absolute atomic E-state index is 10.2. The second kappa shape index (κ2) is 3.39. The smallest absolute Gasteiger partial charge is 0.186 e. The van der Waals surface area contributed by atoms with Crippen LogP contribution in [0.25, 0.3) is 0 Å². The van der Waals surface area contributed by atoms with Crippen LogP contribution in [0.15, 0.2) is 0 Å². The van der Waals surface area contributed by atoms with Crippen molar-refractivity contribution in [3.63, 3.8) is 0 Å². The lowest BCUT2D eigenvalue weighted by atomic mass is 9.92. The maximum Gasteiger partial charge on any atom is 0.186 e. The van der Waals surface area contributed by atoms with Gasteiger partial charge >= 0.3 is 0 Å². The van der Waals surface area contributed by atoms with Crippen LogP contribution in [-0.4, -0.2) is 13.1 Å². The summed E-state index contributed by atoms with van der Waals surface area (Å²) >= 11 is 0. The third-order valence-corrected chi connectivity index (χ3v) is 7.12. The van der Waals surface area contributed by atoms with E-state index < -0.39 is 8.32 Å². The summed E-state index contributed by atoms with van der Waals surface area (Å²) < 4.78 is 0. The van der Waals surface area contributed by atoms with Crippen molar-refractivity contribution in [2.75, 3.05) is 0 Å². The molecule has 0 aromatic heterocycles. The Labute approximate surface area is 83.7 Å². The Morgan fingerprint density at radius 1 is 0.769 bits per heavy atom. The van der Waals surface area contributed by atoms with Gasteiger partial charge < -0.3 is 4.80 Å². The summed E-state index contributed by atoms with van der Waals surface area (Å²) in [6, 6.07) is 0. The van der Waals surface area contributed by atoms with Gasteiger partial charge in [-0.1, -0.05) is 27.7 Å². The molecule has 4 atom stereocenters. The summed E-state index contributed by atoms with van der Waals surface area (Å²) in [6.45, 7) is 13.5. The highest BCUT2D eigenvalue weighted by atomic mass is 28.4. The number of hydrogen-bond donors (Lipinski definition) is 1. The summed E-state index contributed by atoms with van der Waals surface area (Å²) in [5.74, 6) is 2.96. The molecule has 1 fully saturated rings. The molecule has 0 radical (unpaired) electrons. The van der Waals surface area contributed by atoms with Crippen LogP contribution >= 0.6 is 0 Å². The standard InChI is InChI=1S/C11H24OSi/c1-7-8(2)10(4)11(9(7)3)13(5,6)12/h7-12H,1-6H3.